The fourth-order valence-electron chi connectivity index (χ4n) is 5.11. The summed E-state index contributed by atoms with van der Waals surface area (Å²) in [6.07, 6.45) is 2.95. The number of rotatable bonds is 7. The first kappa shape index (κ1) is 25.1. The lowest BCUT2D eigenvalue weighted by atomic mass is 10.0. The number of aromatic amines is 1. The van der Waals surface area contributed by atoms with Crippen LogP contribution in [0.4, 0.5) is 5.69 Å². The zero-order valence-corrected chi connectivity index (χ0v) is 21.0. The van der Waals surface area contributed by atoms with E-state index in [1.807, 2.05) is 48.5 Å². The van der Waals surface area contributed by atoms with Crippen LogP contribution in [0.1, 0.15) is 42.1 Å². The molecule has 38 heavy (non-hydrogen) atoms. The molecule has 11 heteroatoms. The molecule has 3 N–H and O–H groups in total. The van der Waals surface area contributed by atoms with Gasteiger partial charge in [-0.2, -0.15) is 0 Å². The lowest BCUT2D eigenvalue weighted by Crippen LogP contribution is -2.60. The van der Waals surface area contributed by atoms with Crippen LogP contribution in [0.3, 0.4) is 0 Å². The number of aryl methyl sites for hydroxylation is 1. The average molecular weight is 516 g/mol. The fraction of sp³-hybridized carbons (Fsp3) is 0.333. The van der Waals surface area contributed by atoms with Crippen LogP contribution in [0.2, 0.25) is 0 Å². The predicted molar refractivity (Wildman–Crippen MR) is 137 cm³/mol. The highest BCUT2D eigenvalue weighted by Crippen LogP contribution is 2.39. The van der Waals surface area contributed by atoms with E-state index in [9.17, 15) is 19.2 Å². The summed E-state index contributed by atoms with van der Waals surface area (Å²) in [6.45, 7) is 1.85. The SMILES string of the molecule is CCC(=O)N(NC(=O)Cc1ccccc1)[C@H]1CCc2cccc3c2N(C1=O)[C@H](C(=O)NCc1c[nH]nn1)C3. The van der Waals surface area contributed by atoms with E-state index in [-0.39, 0.29) is 31.2 Å². The minimum atomic E-state index is -0.952. The first-order valence-electron chi connectivity index (χ1n) is 12.7. The maximum absolute atomic E-state index is 14.1. The van der Waals surface area contributed by atoms with Gasteiger partial charge < -0.3 is 5.32 Å². The molecule has 0 fully saturated rings. The van der Waals surface area contributed by atoms with Crippen LogP contribution in [-0.4, -0.2) is 56.1 Å². The second kappa shape index (κ2) is 10.8. The van der Waals surface area contributed by atoms with Gasteiger partial charge in [-0.15, -0.1) is 5.10 Å². The minimum Gasteiger partial charge on any atom is -0.348 e. The van der Waals surface area contributed by atoms with Gasteiger partial charge in [0.25, 0.3) is 5.91 Å². The van der Waals surface area contributed by atoms with Crippen LogP contribution < -0.4 is 15.6 Å². The Morgan fingerprint density at radius 1 is 1.11 bits per heavy atom. The minimum absolute atomic E-state index is 0.0659. The van der Waals surface area contributed by atoms with Gasteiger partial charge in [0.15, 0.2) is 0 Å². The fourth-order valence-corrected chi connectivity index (χ4v) is 5.11. The van der Waals surface area contributed by atoms with Crippen molar-refractivity contribution < 1.29 is 19.2 Å². The molecular formula is C27H29N7O4. The zero-order chi connectivity index (χ0) is 26.6. The lowest BCUT2D eigenvalue weighted by Gasteiger charge is -2.34. The molecule has 0 saturated heterocycles. The molecule has 2 aliphatic heterocycles. The lowest BCUT2D eigenvalue weighted by molar-refractivity contribution is -0.148. The number of amides is 4. The molecule has 0 saturated carbocycles. The predicted octanol–water partition coefficient (Wildman–Crippen LogP) is 1.21. The van der Waals surface area contributed by atoms with Gasteiger partial charge in [-0.1, -0.05) is 60.7 Å². The summed E-state index contributed by atoms with van der Waals surface area (Å²) in [6, 6.07) is 13.2. The quantitative estimate of drug-likeness (QED) is 0.404. The van der Waals surface area contributed by atoms with Crippen LogP contribution in [0, 0.1) is 0 Å². The van der Waals surface area contributed by atoms with Crippen molar-refractivity contribution in [3.8, 4) is 0 Å². The van der Waals surface area contributed by atoms with Gasteiger partial charge in [0.1, 0.15) is 17.8 Å². The van der Waals surface area contributed by atoms with E-state index in [0.29, 0.717) is 25.0 Å². The van der Waals surface area contributed by atoms with Crippen molar-refractivity contribution in [2.24, 2.45) is 0 Å². The number of H-pyrrole nitrogens is 1. The summed E-state index contributed by atoms with van der Waals surface area (Å²) in [7, 11) is 0. The van der Waals surface area contributed by atoms with Crippen molar-refractivity contribution in [1.29, 1.82) is 0 Å². The van der Waals surface area contributed by atoms with Gasteiger partial charge in [-0.25, -0.2) is 5.01 Å². The number of nitrogens with zero attached hydrogens (tertiary/aromatic N) is 4. The summed E-state index contributed by atoms with van der Waals surface area (Å²) in [5.41, 5.74) is 6.62. The van der Waals surface area contributed by atoms with E-state index in [0.717, 1.165) is 22.4 Å². The molecule has 2 aliphatic rings. The van der Waals surface area contributed by atoms with Crippen LogP contribution in [0.5, 0.6) is 0 Å². The smallest absolute Gasteiger partial charge is 0.252 e. The number of hydrogen-bond acceptors (Lipinski definition) is 6. The van der Waals surface area contributed by atoms with Crippen LogP contribution in [0.25, 0.3) is 0 Å². The summed E-state index contributed by atoms with van der Waals surface area (Å²) in [5, 5.41) is 14.1. The molecule has 2 atom stereocenters. The molecule has 11 nitrogen and oxygen atoms in total. The van der Waals surface area contributed by atoms with Crippen molar-refractivity contribution in [1.82, 2.24) is 31.2 Å². The highest BCUT2D eigenvalue weighted by Gasteiger charge is 2.46. The first-order chi connectivity index (χ1) is 18.5. The van der Waals surface area contributed by atoms with Gasteiger partial charge in [-0.3, -0.25) is 34.6 Å². The van der Waals surface area contributed by atoms with E-state index in [4.69, 9.17) is 0 Å². The number of nitrogens with one attached hydrogen (secondary N) is 3. The maximum atomic E-state index is 14.1. The van der Waals surface area contributed by atoms with E-state index >= 15 is 0 Å². The monoisotopic (exact) mass is 515 g/mol. The van der Waals surface area contributed by atoms with Crippen molar-refractivity contribution >= 4 is 29.3 Å². The van der Waals surface area contributed by atoms with E-state index in [1.165, 1.54) is 9.91 Å². The number of para-hydroxylation sites is 1. The van der Waals surface area contributed by atoms with Crippen molar-refractivity contribution in [3.05, 3.63) is 77.1 Å². The van der Waals surface area contributed by atoms with Crippen molar-refractivity contribution in [3.63, 3.8) is 0 Å². The normalized spacial score (nSPS) is 17.9. The number of carbonyl (C=O) groups is 4. The molecule has 3 heterocycles. The number of anilines is 1. The second-order valence-electron chi connectivity index (χ2n) is 9.40. The maximum Gasteiger partial charge on any atom is 0.252 e. The van der Waals surface area contributed by atoms with Crippen molar-refractivity contribution in [2.45, 2.75) is 57.7 Å². The molecule has 3 aromatic rings. The Labute approximate surface area is 219 Å². The standard InChI is InChI=1S/C27H29N7O4/c1-2-24(36)34(31-23(35)13-17-7-4-3-5-8-17)21-12-11-18-9-6-10-19-14-22(33(25(18)19)27(21)38)26(37)28-15-20-16-29-32-30-20/h3-10,16,21-22H,2,11-15H2,1H3,(H,28,37)(H,31,35)(H,29,30,32)/t21-,22-/m0/s1. The van der Waals surface area contributed by atoms with Gasteiger partial charge in [0.05, 0.1) is 18.7 Å². The molecular weight excluding hydrogens is 486 g/mol. The van der Waals surface area contributed by atoms with Crippen LogP contribution in [0.15, 0.2) is 54.7 Å². The topological polar surface area (TPSA) is 140 Å². The van der Waals surface area contributed by atoms with Crippen molar-refractivity contribution in [2.75, 3.05) is 4.90 Å². The van der Waals surface area contributed by atoms with Crippen LogP contribution >= 0.6 is 0 Å². The molecule has 4 amide bonds. The Morgan fingerprint density at radius 2 is 1.89 bits per heavy atom. The Morgan fingerprint density at radius 3 is 2.63 bits per heavy atom. The summed E-state index contributed by atoms with van der Waals surface area (Å²) < 4.78 is 0. The largest absolute Gasteiger partial charge is 0.348 e. The highest BCUT2D eigenvalue weighted by molar-refractivity contribution is 6.08. The first-order valence-corrected chi connectivity index (χ1v) is 12.7. The molecule has 2 aromatic carbocycles. The summed E-state index contributed by atoms with van der Waals surface area (Å²) >= 11 is 0. The van der Waals surface area contributed by atoms with E-state index in [1.54, 1.807) is 13.1 Å². The Balaban J connectivity index is 1.41. The molecule has 0 spiro atoms. The third-order valence-electron chi connectivity index (χ3n) is 6.93. The van der Waals surface area contributed by atoms with Gasteiger partial charge in [0, 0.05) is 19.0 Å². The summed E-state index contributed by atoms with van der Waals surface area (Å²) in [4.78, 5) is 54.9. The molecule has 0 bridgehead atoms. The molecule has 0 aliphatic carbocycles. The molecule has 5 rings (SSSR count). The number of hydrazine groups is 1. The van der Waals surface area contributed by atoms with Gasteiger partial charge in [-0.05, 0) is 29.5 Å². The number of hydrogen-bond donors (Lipinski definition) is 3. The van der Waals surface area contributed by atoms with E-state index in [2.05, 4.69) is 26.2 Å². The summed E-state index contributed by atoms with van der Waals surface area (Å²) in [5.74, 6) is -1.48. The third-order valence-corrected chi connectivity index (χ3v) is 6.93. The molecule has 1 aromatic heterocycles. The molecule has 196 valence electrons. The number of carbonyl (C=O) groups excluding carboxylic acids is 4. The van der Waals surface area contributed by atoms with Gasteiger partial charge >= 0.3 is 0 Å². The van der Waals surface area contributed by atoms with E-state index < -0.39 is 23.9 Å². The molecule has 0 unspecified atom stereocenters. The Bertz CT molecular complexity index is 1340. The Kier molecular flexibility index (Phi) is 7.16. The number of benzene rings is 2. The second-order valence-corrected chi connectivity index (χ2v) is 9.40. The third kappa shape index (κ3) is 4.99. The average Bonchev–Trinajstić information content (AvgIpc) is 3.56. The Hall–Kier alpha value is -4.54. The highest BCUT2D eigenvalue weighted by atomic mass is 16.2. The number of aromatic nitrogens is 3. The van der Waals surface area contributed by atoms with Crippen LogP contribution in [-0.2, 0) is 45.0 Å². The van der Waals surface area contributed by atoms with Gasteiger partial charge in [0.2, 0.25) is 17.7 Å². The zero-order valence-electron chi connectivity index (χ0n) is 21.0. The molecule has 0 radical (unpaired) electrons.